The highest BCUT2D eigenvalue weighted by Crippen LogP contribution is 2.40. The number of aromatic amines is 1. The van der Waals surface area contributed by atoms with Gasteiger partial charge in [-0.05, 0) is 99.9 Å². The largest absolute Gasteiger partial charge is 0.369 e. The Morgan fingerprint density at radius 2 is 1.64 bits per heavy atom. The summed E-state index contributed by atoms with van der Waals surface area (Å²) in [5, 5.41) is 6.95. The smallest absolute Gasteiger partial charge is 0.252 e. The predicted octanol–water partition coefficient (Wildman–Crippen LogP) is 5.15. The lowest BCUT2D eigenvalue weighted by Gasteiger charge is -2.34. The fourth-order valence-electron chi connectivity index (χ4n) is 6.32. The third kappa shape index (κ3) is 6.79. The fourth-order valence-corrected chi connectivity index (χ4v) is 6.32. The number of nitrogens with zero attached hydrogens (tertiary/aromatic N) is 4. The minimum absolute atomic E-state index is 0.114. The van der Waals surface area contributed by atoms with Gasteiger partial charge in [-0.25, -0.2) is 4.98 Å². The van der Waals surface area contributed by atoms with E-state index in [0.717, 1.165) is 85.4 Å². The van der Waals surface area contributed by atoms with Crippen molar-refractivity contribution in [3.05, 3.63) is 78.5 Å². The van der Waals surface area contributed by atoms with Crippen LogP contribution in [-0.2, 0) is 4.79 Å². The zero-order chi connectivity index (χ0) is 31.5. The highest BCUT2D eigenvalue weighted by Gasteiger charge is 2.22. The van der Waals surface area contributed by atoms with Crippen LogP contribution in [0.25, 0.3) is 33.4 Å². The first kappa shape index (κ1) is 30.6. The van der Waals surface area contributed by atoms with Crippen molar-refractivity contribution in [1.82, 2.24) is 25.1 Å². The number of hydrogen-bond acceptors (Lipinski definition) is 6. The van der Waals surface area contributed by atoms with E-state index in [1.165, 1.54) is 11.8 Å². The highest BCUT2D eigenvalue weighted by atomic mass is 16.2. The van der Waals surface area contributed by atoms with Gasteiger partial charge in [0.2, 0.25) is 5.91 Å². The highest BCUT2D eigenvalue weighted by molar-refractivity contribution is 6.07. The molecule has 2 aromatic carbocycles. The number of aromatic nitrogens is 2. The molecule has 4 heterocycles. The van der Waals surface area contributed by atoms with Crippen LogP contribution in [0.15, 0.2) is 67.4 Å². The van der Waals surface area contributed by atoms with Crippen molar-refractivity contribution in [2.45, 2.75) is 19.8 Å². The van der Waals surface area contributed by atoms with Crippen LogP contribution in [0.2, 0.25) is 0 Å². The Labute approximate surface area is 265 Å². The van der Waals surface area contributed by atoms with E-state index in [2.05, 4.69) is 81.3 Å². The second-order valence-electron chi connectivity index (χ2n) is 12.5. The number of H-pyrrole nitrogens is 1. The van der Waals surface area contributed by atoms with Gasteiger partial charge in [0.1, 0.15) is 5.65 Å². The molecule has 0 spiro atoms. The molecule has 9 heteroatoms. The summed E-state index contributed by atoms with van der Waals surface area (Å²) in [6.07, 6.45) is 5.10. The third-order valence-corrected chi connectivity index (χ3v) is 9.30. The number of carbonyl (C=O) groups excluding carboxylic acids is 2. The maximum Gasteiger partial charge on any atom is 0.252 e. The molecule has 2 saturated heterocycles. The molecule has 2 amide bonds. The zero-order valence-corrected chi connectivity index (χ0v) is 26.5. The topological polar surface area (TPSA) is 96.6 Å². The minimum Gasteiger partial charge on any atom is -0.369 e. The molecule has 3 N–H and O–H groups in total. The number of carbonyl (C=O) groups is 2. The van der Waals surface area contributed by atoms with E-state index < -0.39 is 0 Å². The zero-order valence-electron chi connectivity index (χ0n) is 26.5. The van der Waals surface area contributed by atoms with E-state index in [1.807, 2.05) is 25.1 Å². The van der Waals surface area contributed by atoms with Gasteiger partial charge in [0.25, 0.3) is 5.91 Å². The Hall–Kier alpha value is -4.47. The number of pyridine rings is 1. The lowest BCUT2D eigenvalue weighted by atomic mass is 9.96. The monoisotopic (exact) mass is 605 g/mol. The maximum absolute atomic E-state index is 13.3. The summed E-state index contributed by atoms with van der Waals surface area (Å²) in [4.78, 5) is 40.9. The summed E-state index contributed by atoms with van der Waals surface area (Å²) < 4.78 is 0. The average Bonchev–Trinajstić information content (AvgIpc) is 3.44. The van der Waals surface area contributed by atoms with Crippen molar-refractivity contribution in [3.63, 3.8) is 0 Å². The molecule has 2 fully saturated rings. The number of nitrogens with one attached hydrogen (secondary N) is 3. The molecule has 4 aromatic rings. The first-order chi connectivity index (χ1) is 21.8. The Kier molecular flexibility index (Phi) is 9.00. The number of aryl methyl sites for hydroxylation is 1. The molecule has 2 aliphatic rings. The van der Waals surface area contributed by atoms with Crippen molar-refractivity contribution in [1.29, 1.82) is 0 Å². The van der Waals surface area contributed by atoms with E-state index in [4.69, 9.17) is 4.98 Å². The molecule has 0 saturated carbocycles. The quantitative estimate of drug-likeness (QED) is 0.241. The van der Waals surface area contributed by atoms with E-state index in [-0.39, 0.29) is 11.8 Å². The predicted molar refractivity (Wildman–Crippen MR) is 183 cm³/mol. The van der Waals surface area contributed by atoms with Crippen molar-refractivity contribution < 1.29 is 9.59 Å². The van der Waals surface area contributed by atoms with E-state index >= 15 is 0 Å². The summed E-state index contributed by atoms with van der Waals surface area (Å²) in [6, 6.07) is 16.6. The third-order valence-electron chi connectivity index (χ3n) is 9.30. The number of likely N-dealkylation sites (tertiary alicyclic amines) is 1. The van der Waals surface area contributed by atoms with Crippen LogP contribution in [-0.4, -0.2) is 91.5 Å². The standard InChI is InChI=1S/C36H43N7O2/c1-5-32(44)39-31-21-27(7-6-24(31)2)33-30-20-28(36(45)38-22-25-12-14-41(3)15-13-25)23-37-35(30)40-34(33)26-8-10-29(11-9-26)43-18-16-42(4)17-19-43/h5-11,20-21,23,25H,1,12-19,22H2,2-4H3,(H,37,40)(H,38,45)(H,39,44). The second kappa shape index (κ2) is 13.3. The average molecular weight is 606 g/mol. The van der Waals surface area contributed by atoms with Crippen LogP contribution in [0.3, 0.4) is 0 Å². The van der Waals surface area contributed by atoms with Crippen molar-refractivity contribution in [2.75, 3.05) is 70.1 Å². The van der Waals surface area contributed by atoms with Crippen LogP contribution in [0.5, 0.6) is 0 Å². The number of anilines is 2. The molecule has 0 bridgehead atoms. The normalized spacial score (nSPS) is 16.6. The van der Waals surface area contributed by atoms with Gasteiger partial charge in [-0.3, -0.25) is 9.59 Å². The first-order valence-electron chi connectivity index (χ1n) is 15.9. The molecule has 0 unspecified atom stereocenters. The van der Waals surface area contributed by atoms with Crippen LogP contribution >= 0.6 is 0 Å². The number of piperidine rings is 1. The molecule has 0 atom stereocenters. The molecular formula is C36H43N7O2. The van der Waals surface area contributed by atoms with E-state index in [0.29, 0.717) is 29.4 Å². The number of piperazine rings is 1. The number of benzene rings is 2. The first-order valence-corrected chi connectivity index (χ1v) is 15.9. The maximum atomic E-state index is 13.3. The SMILES string of the molecule is C=CC(=O)Nc1cc(-c2c(-c3ccc(N4CCN(C)CC4)cc3)[nH]c3ncc(C(=O)NCC4CCN(C)CC4)cc23)ccc1C. The number of rotatable bonds is 8. The molecule has 2 aliphatic heterocycles. The van der Waals surface area contributed by atoms with Crippen LogP contribution in [0.1, 0.15) is 28.8 Å². The van der Waals surface area contributed by atoms with Gasteiger partial charge in [-0.15, -0.1) is 0 Å². The lowest BCUT2D eigenvalue weighted by molar-refractivity contribution is -0.111. The van der Waals surface area contributed by atoms with Crippen molar-refractivity contribution in [2.24, 2.45) is 5.92 Å². The fraction of sp³-hybridized carbons (Fsp3) is 0.361. The lowest BCUT2D eigenvalue weighted by Crippen LogP contribution is -2.44. The number of likely N-dealkylation sites (N-methyl/N-ethyl adjacent to an activating group) is 1. The second-order valence-corrected chi connectivity index (χ2v) is 12.5. The summed E-state index contributed by atoms with van der Waals surface area (Å²) in [5.41, 5.74) is 7.87. The molecule has 9 nitrogen and oxygen atoms in total. The summed E-state index contributed by atoms with van der Waals surface area (Å²) in [7, 11) is 4.31. The van der Waals surface area contributed by atoms with Gasteiger partial charge in [0.05, 0.1) is 11.3 Å². The molecule has 2 aromatic heterocycles. The minimum atomic E-state index is -0.265. The van der Waals surface area contributed by atoms with Gasteiger partial charge >= 0.3 is 0 Å². The van der Waals surface area contributed by atoms with Gasteiger partial charge in [0, 0.05) is 61.2 Å². The number of amides is 2. The summed E-state index contributed by atoms with van der Waals surface area (Å²) in [5.74, 6) is 0.109. The van der Waals surface area contributed by atoms with Crippen molar-refractivity contribution >= 4 is 34.2 Å². The van der Waals surface area contributed by atoms with E-state index in [9.17, 15) is 9.59 Å². The molecule has 0 aliphatic carbocycles. The summed E-state index contributed by atoms with van der Waals surface area (Å²) in [6.45, 7) is 12.5. The van der Waals surface area contributed by atoms with Crippen LogP contribution in [0.4, 0.5) is 11.4 Å². The molecular weight excluding hydrogens is 562 g/mol. The van der Waals surface area contributed by atoms with Crippen LogP contribution in [0, 0.1) is 12.8 Å². The van der Waals surface area contributed by atoms with E-state index in [1.54, 1.807) is 6.20 Å². The van der Waals surface area contributed by atoms with Gasteiger partial charge in [-0.2, -0.15) is 0 Å². The molecule has 6 rings (SSSR count). The number of hydrogen-bond donors (Lipinski definition) is 3. The van der Waals surface area contributed by atoms with Gasteiger partial charge < -0.3 is 30.3 Å². The van der Waals surface area contributed by atoms with Gasteiger partial charge in [-0.1, -0.05) is 30.8 Å². The Morgan fingerprint density at radius 3 is 2.36 bits per heavy atom. The molecule has 234 valence electrons. The Balaban J connectivity index is 1.37. The Morgan fingerprint density at radius 1 is 0.956 bits per heavy atom. The molecule has 0 radical (unpaired) electrons. The van der Waals surface area contributed by atoms with Crippen LogP contribution < -0.4 is 15.5 Å². The number of fused-ring (bicyclic) bond motifs is 1. The Bertz CT molecular complexity index is 1690. The summed E-state index contributed by atoms with van der Waals surface area (Å²) >= 11 is 0. The van der Waals surface area contributed by atoms with Gasteiger partial charge in [0.15, 0.2) is 0 Å². The molecule has 45 heavy (non-hydrogen) atoms. The van der Waals surface area contributed by atoms with Crippen molar-refractivity contribution in [3.8, 4) is 22.4 Å².